The van der Waals surface area contributed by atoms with E-state index in [-0.39, 0.29) is 4.34 Å². The molecule has 0 bridgehead atoms. The van der Waals surface area contributed by atoms with Gasteiger partial charge in [-0.1, -0.05) is 11.6 Å². The van der Waals surface area contributed by atoms with E-state index in [0.29, 0.717) is 36.5 Å². The molecule has 2 rings (SSSR count). The number of rotatable bonds is 5. The van der Waals surface area contributed by atoms with Crippen LogP contribution in [0.3, 0.4) is 0 Å². The lowest BCUT2D eigenvalue weighted by molar-refractivity contribution is -0.195. The fraction of sp³-hybridized carbons (Fsp3) is 0.286. The van der Waals surface area contributed by atoms with Crippen LogP contribution in [-0.2, 0) is 10.0 Å². The van der Waals surface area contributed by atoms with Crippen molar-refractivity contribution in [3.63, 3.8) is 0 Å². The zero-order chi connectivity index (χ0) is 19.9. The predicted octanol–water partition coefficient (Wildman–Crippen LogP) is 4.01. The summed E-state index contributed by atoms with van der Waals surface area (Å²) in [6.07, 6.45) is -5.22. The van der Waals surface area contributed by atoms with Crippen LogP contribution in [0.15, 0.2) is 34.5 Å². The molecule has 0 saturated carbocycles. The molecule has 1 heterocycles. The van der Waals surface area contributed by atoms with Gasteiger partial charge in [0.15, 0.2) is 0 Å². The molecule has 0 fully saturated rings. The normalized spacial score (nSPS) is 16.3. The van der Waals surface area contributed by atoms with E-state index < -0.39 is 49.2 Å². The van der Waals surface area contributed by atoms with Gasteiger partial charge in [0.05, 0.1) is 4.34 Å². The van der Waals surface area contributed by atoms with E-state index in [1.807, 2.05) is 0 Å². The van der Waals surface area contributed by atoms with Gasteiger partial charge in [0.1, 0.15) is 27.5 Å². The second-order valence-corrected chi connectivity index (χ2v) is 9.11. The van der Waals surface area contributed by atoms with Crippen molar-refractivity contribution in [2.24, 2.45) is 0 Å². The van der Waals surface area contributed by atoms with Gasteiger partial charge in [-0.25, -0.2) is 17.2 Å². The number of sulfonamides is 1. The standard InChI is InChI=1S/C14H11ClF5NO3S2/c1-13(22,21-26(23,24)11-3-2-10(15)25-11)12(14(18,19)20)7-4-8(16)6-9(17)5-7/h2-6,12,21-22H,1H3/t12-,13+/m1/s1. The minimum Gasteiger partial charge on any atom is -0.374 e. The molecule has 0 saturated heterocycles. The zero-order valence-electron chi connectivity index (χ0n) is 12.8. The highest BCUT2D eigenvalue weighted by atomic mass is 35.5. The molecule has 0 amide bonds. The third kappa shape index (κ3) is 4.71. The number of aliphatic hydroxyl groups is 1. The second kappa shape index (κ2) is 7.04. The monoisotopic (exact) mass is 435 g/mol. The minimum atomic E-state index is -5.22. The summed E-state index contributed by atoms with van der Waals surface area (Å²) >= 11 is 6.16. The Morgan fingerprint density at radius 2 is 1.69 bits per heavy atom. The lowest BCUT2D eigenvalue weighted by Gasteiger charge is -2.34. The molecule has 0 radical (unpaired) electrons. The van der Waals surface area contributed by atoms with Crippen LogP contribution in [0.1, 0.15) is 18.4 Å². The van der Waals surface area contributed by atoms with Gasteiger partial charge in [-0.2, -0.15) is 17.9 Å². The Morgan fingerprint density at radius 3 is 2.12 bits per heavy atom. The fourth-order valence-electron chi connectivity index (χ4n) is 2.40. The molecule has 0 aliphatic heterocycles. The van der Waals surface area contributed by atoms with Gasteiger partial charge in [0.2, 0.25) is 0 Å². The van der Waals surface area contributed by atoms with Gasteiger partial charge in [0.25, 0.3) is 10.0 Å². The van der Waals surface area contributed by atoms with Gasteiger partial charge in [-0.15, -0.1) is 11.3 Å². The van der Waals surface area contributed by atoms with E-state index >= 15 is 0 Å². The van der Waals surface area contributed by atoms with Gasteiger partial charge in [0, 0.05) is 6.07 Å². The highest BCUT2D eigenvalue weighted by Crippen LogP contribution is 2.42. The summed E-state index contributed by atoms with van der Waals surface area (Å²) in [7, 11) is -4.58. The molecule has 1 aromatic carbocycles. The third-order valence-corrected chi connectivity index (χ3v) is 6.54. The maximum Gasteiger partial charge on any atom is 0.399 e. The van der Waals surface area contributed by atoms with E-state index in [1.165, 1.54) is 10.8 Å². The number of nitrogens with one attached hydrogen (secondary N) is 1. The first-order chi connectivity index (χ1) is 11.7. The molecule has 0 unspecified atom stereocenters. The molecule has 2 atom stereocenters. The number of thiophene rings is 1. The van der Waals surface area contributed by atoms with E-state index in [1.54, 1.807) is 0 Å². The van der Waals surface area contributed by atoms with Gasteiger partial charge >= 0.3 is 6.18 Å². The Kier molecular flexibility index (Phi) is 5.70. The van der Waals surface area contributed by atoms with Gasteiger partial charge in [-0.3, -0.25) is 0 Å². The average molecular weight is 436 g/mol. The average Bonchev–Trinajstić information content (AvgIpc) is 2.81. The van der Waals surface area contributed by atoms with Crippen LogP contribution in [0, 0.1) is 11.6 Å². The maximum absolute atomic E-state index is 13.5. The Bertz CT molecular complexity index is 891. The second-order valence-electron chi connectivity index (χ2n) is 5.49. The topological polar surface area (TPSA) is 66.4 Å². The van der Waals surface area contributed by atoms with E-state index in [2.05, 4.69) is 0 Å². The highest BCUT2D eigenvalue weighted by Gasteiger charge is 2.53. The number of halogens is 6. The minimum absolute atomic E-state index is 0.0598. The number of benzene rings is 1. The van der Waals surface area contributed by atoms with E-state index in [9.17, 15) is 35.5 Å². The van der Waals surface area contributed by atoms with Crippen LogP contribution in [-0.4, -0.2) is 25.4 Å². The van der Waals surface area contributed by atoms with Crippen molar-refractivity contribution in [1.82, 2.24) is 4.72 Å². The Labute approximate surface area is 154 Å². The summed E-state index contributed by atoms with van der Waals surface area (Å²) in [6.45, 7) is 0.542. The van der Waals surface area contributed by atoms with Crippen LogP contribution >= 0.6 is 22.9 Å². The maximum atomic E-state index is 13.5. The quantitative estimate of drug-likeness (QED) is 0.551. The van der Waals surface area contributed by atoms with Crippen molar-refractivity contribution < 1.29 is 35.5 Å². The molecule has 0 aliphatic carbocycles. The predicted molar refractivity (Wildman–Crippen MR) is 85.4 cm³/mol. The van der Waals surface area contributed by atoms with Crippen LogP contribution in [0.5, 0.6) is 0 Å². The molecular weight excluding hydrogens is 425 g/mol. The molecule has 4 nitrogen and oxygen atoms in total. The first kappa shape index (κ1) is 21.0. The first-order valence-electron chi connectivity index (χ1n) is 6.77. The Hall–Kier alpha value is -1.27. The zero-order valence-corrected chi connectivity index (χ0v) is 15.2. The molecule has 2 aromatic rings. The van der Waals surface area contributed by atoms with Gasteiger partial charge in [-0.05, 0) is 36.8 Å². The van der Waals surface area contributed by atoms with E-state index in [4.69, 9.17) is 11.6 Å². The molecule has 26 heavy (non-hydrogen) atoms. The molecule has 12 heteroatoms. The van der Waals surface area contributed by atoms with Crippen molar-refractivity contribution >= 4 is 33.0 Å². The molecule has 2 N–H and O–H groups in total. The third-order valence-electron chi connectivity index (χ3n) is 3.26. The highest BCUT2D eigenvalue weighted by molar-refractivity contribution is 7.91. The van der Waals surface area contributed by atoms with Crippen molar-refractivity contribution in [3.8, 4) is 0 Å². The SMILES string of the molecule is C[C@@](O)(NS(=O)(=O)c1ccc(Cl)s1)[C@@H](c1cc(F)cc(F)c1)C(F)(F)F. The number of hydrogen-bond donors (Lipinski definition) is 2. The summed E-state index contributed by atoms with van der Waals surface area (Å²) in [5, 5.41) is 10.3. The summed E-state index contributed by atoms with van der Waals surface area (Å²) in [5.74, 6) is -5.55. The van der Waals surface area contributed by atoms with Gasteiger partial charge < -0.3 is 5.11 Å². The first-order valence-corrected chi connectivity index (χ1v) is 9.44. The van der Waals surface area contributed by atoms with Crippen molar-refractivity contribution in [2.45, 2.75) is 29.0 Å². The van der Waals surface area contributed by atoms with Crippen LogP contribution in [0.4, 0.5) is 22.0 Å². The molecule has 0 spiro atoms. The molecular formula is C14H11ClF5NO3S2. The van der Waals surface area contributed by atoms with Crippen LogP contribution in [0.2, 0.25) is 4.34 Å². The van der Waals surface area contributed by atoms with Crippen LogP contribution < -0.4 is 4.72 Å². The summed E-state index contributed by atoms with van der Waals surface area (Å²) in [5.41, 5.74) is -4.12. The number of hydrogen-bond acceptors (Lipinski definition) is 4. The Balaban J connectivity index is 2.50. The largest absolute Gasteiger partial charge is 0.399 e. The molecule has 1 aromatic heterocycles. The lowest BCUT2D eigenvalue weighted by atomic mass is 9.89. The molecule has 144 valence electrons. The van der Waals surface area contributed by atoms with E-state index in [0.717, 1.165) is 6.07 Å². The van der Waals surface area contributed by atoms with Crippen molar-refractivity contribution in [1.29, 1.82) is 0 Å². The van der Waals surface area contributed by atoms with Crippen molar-refractivity contribution in [3.05, 3.63) is 51.9 Å². The number of alkyl halides is 3. The fourth-order valence-corrected chi connectivity index (χ4v) is 5.15. The summed E-state index contributed by atoms with van der Waals surface area (Å²) in [4.78, 5) is 0. The van der Waals surface area contributed by atoms with Crippen LogP contribution in [0.25, 0.3) is 0 Å². The molecule has 0 aliphatic rings. The smallest absolute Gasteiger partial charge is 0.374 e. The lowest BCUT2D eigenvalue weighted by Crippen LogP contribution is -2.54. The summed E-state index contributed by atoms with van der Waals surface area (Å²) in [6, 6.07) is 3.33. The van der Waals surface area contributed by atoms with Crippen molar-refractivity contribution in [2.75, 3.05) is 0 Å². The summed E-state index contributed by atoms with van der Waals surface area (Å²) < 4.78 is 92.7. The Morgan fingerprint density at radius 1 is 1.15 bits per heavy atom.